The fourth-order valence-electron chi connectivity index (χ4n) is 3.32. The van der Waals surface area contributed by atoms with Crippen LogP contribution in [0, 0.1) is 11.8 Å². The Kier molecular flexibility index (Phi) is 6.27. The number of hydrogen-bond acceptors (Lipinski definition) is 3. The van der Waals surface area contributed by atoms with Crippen molar-refractivity contribution in [3.05, 3.63) is 0 Å². The number of rotatable bonds is 5. The number of likely N-dealkylation sites (tertiary alicyclic amines) is 1. The summed E-state index contributed by atoms with van der Waals surface area (Å²) in [5, 5.41) is 2.71. The van der Waals surface area contributed by atoms with E-state index >= 15 is 0 Å². The fourth-order valence-corrected chi connectivity index (χ4v) is 3.32. The molecule has 0 aromatic heterocycles. The van der Waals surface area contributed by atoms with Gasteiger partial charge in [-0.05, 0) is 38.5 Å². The molecule has 3 atom stereocenters. The van der Waals surface area contributed by atoms with Gasteiger partial charge in [-0.1, -0.05) is 34.1 Å². The number of ether oxygens (including phenoxy) is 1. The molecule has 1 fully saturated rings. The molecule has 0 spiro atoms. The summed E-state index contributed by atoms with van der Waals surface area (Å²) in [6.07, 6.45) is 2.51. The monoisotopic (exact) mass is 312 g/mol. The van der Waals surface area contributed by atoms with Crippen molar-refractivity contribution < 1.29 is 14.3 Å². The van der Waals surface area contributed by atoms with Crippen LogP contribution in [0.5, 0.6) is 0 Å². The van der Waals surface area contributed by atoms with Crippen molar-refractivity contribution in [2.24, 2.45) is 11.8 Å². The normalized spacial score (nSPS) is 23.3. The van der Waals surface area contributed by atoms with Crippen molar-refractivity contribution in [1.29, 1.82) is 0 Å². The molecule has 0 aliphatic carbocycles. The molecule has 0 aromatic rings. The first-order chi connectivity index (χ1) is 10.2. The second-order valence-electron chi connectivity index (χ2n) is 7.37. The van der Waals surface area contributed by atoms with Gasteiger partial charge in [-0.25, -0.2) is 4.79 Å². The molecule has 1 saturated heterocycles. The zero-order valence-corrected chi connectivity index (χ0v) is 15.1. The van der Waals surface area contributed by atoms with Gasteiger partial charge in [-0.3, -0.25) is 4.79 Å². The molecule has 0 aromatic carbocycles. The van der Waals surface area contributed by atoms with Gasteiger partial charge in [0.15, 0.2) is 0 Å². The third-order valence-electron chi connectivity index (χ3n) is 4.97. The summed E-state index contributed by atoms with van der Waals surface area (Å²) in [5.41, 5.74) is -0.171. The van der Waals surface area contributed by atoms with E-state index in [9.17, 15) is 9.59 Å². The van der Waals surface area contributed by atoms with E-state index in [0.29, 0.717) is 5.92 Å². The molecule has 0 bridgehead atoms. The first-order valence-electron chi connectivity index (χ1n) is 8.33. The van der Waals surface area contributed by atoms with Crippen LogP contribution >= 0.6 is 0 Å². The second kappa shape index (κ2) is 7.34. The molecular weight excluding hydrogens is 280 g/mol. The van der Waals surface area contributed by atoms with Crippen LogP contribution in [0.25, 0.3) is 0 Å². The van der Waals surface area contributed by atoms with Crippen LogP contribution in [0.2, 0.25) is 0 Å². The zero-order valence-electron chi connectivity index (χ0n) is 15.1. The molecular formula is C17H32N2O3. The quantitative estimate of drug-likeness (QED) is 0.848. The van der Waals surface area contributed by atoms with Crippen LogP contribution < -0.4 is 5.32 Å². The number of carbonyl (C=O) groups is 2. The molecule has 22 heavy (non-hydrogen) atoms. The molecule has 1 N–H and O–H groups in total. The summed E-state index contributed by atoms with van der Waals surface area (Å²) < 4.78 is 4.67. The van der Waals surface area contributed by atoms with Crippen LogP contribution in [0.15, 0.2) is 0 Å². The molecule has 1 aliphatic heterocycles. The minimum absolute atomic E-state index is 0.00759. The first-order valence-corrected chi connectivity index (χ1v) is 8.33. The average molecular weight is 312 g/mol. The van der Waals surface area contributed by atoms with Gasteiger partial charge in [0.05, 0.1) is 7.11 Å². The summed E-state index contributed by atoms with van der Waals surface area (Å²) in [7, 11) is 1.32. The highest BCUT2D eigenvalue weighted by atomic mass is 16.5. The van der Waals surface area contributed by atoms with Crippen LogP contribution in [0.3, 0.4) is 0 Å². The maximum absolute atomic E-state index is 13.1. The minimum atomic E-state index is -0.552. The maximum atomic E-state index is 13.1. The molecule has 5 heteroatoms. The molecule has 1 aliphatic rings. The van der Waals surface area contributed by atoms with Gasteiger partial charge < -0.3 is 15.0 Å². The summed E-state index contributed by atoms with van der Waals surface area (Å²) in [4.78, 5) is 26.7. The largest absolute Gasteiger partial charge is 0.453 e. The highest BCUT2D eigenvalue weighted by molar-refractivity contribution is 5.87. The predicted molar refractivity (Wildman–Crippen MR) is 87.6 cm³/mol. The second-order valence-corrected chi connectivity index (χ2v) is 7.37. The van der Waals surface area contributed by atoms with Gasteiger partial charge in [-0.2, -0.15) is 0 Å². The topological polar surface area (TPSA) is 58.6 Å². The van der Waals surface area contributed by atoms with Crippen molar-refractivity contribution in [2.45, 2.75) is 78.4 Å². The van der Waals surface area contributed by atoms with Gasteiger partial charge in [0.25, 0.3) is 0 Å². The Morgan fingerprint density at radius 1 is 1.32 bits per heavy atom. The number of nitrogens with zero attached hydrogens (tertiary/aromatic N) is 1. The highest BCUT2D eigenvalue weighted by Gasteiger charge is 2.46. The zero-order chi connectivity index (χ0) is 17.1. The fraction of sp³-hybridized carbons (Fsp3) is 0.882. The van der Waals surface area contributed by atoms with E-state index < -0.39 is 12.1 Å². The lowest BCUT2D eigenvalue weighted by Gasteiger charge is -2.41. The SMILES string of the molecule is CC[C@H](C)C1CCC(C)(C)N1C(=O)[C@@H](NC(=O)OC)C(C)C. The lowest BCUT2D eigenvalue weighted by atomic mass is 9.95. The van der Waals surface area contributed by atoms with Gasteiger partial charge in [0.1, 0.15) is 6.04 Å². The Balaban J connectivity index is 3.04. The molecule has 1 rings (SSSR count). The lowest BCUT2D eigenvalue weighted by molar-refractivity contribution is -0.141. The van der Waals surface area contributed by atoms with Crippen LogP contribution in [0.4, 0.5) is 4.79 Å². The Morgan fingerprint density at radius 3 is 2.36 bits per heavy atom. The van der Waals surface area contributed by atoms with E-state index in [4.69, 9.17) is 0 Å². The molecule has 0 saturated carbocycles. The molecule has 128 valence electrons. The molecule has 0 radical (unpaired) electrons. The number of hydrogen-bond donors (Lipinski definition) is 1. The van der Waals surface area contributed by atoms with Gasteiger partial charge in [0.2, 0.25) is 5.91 Å². The van der Waals surface area contributed by atoms with Crippen molar-refractivity contribution >= 4 is 12.0 Å². The third-order valence-corrected chi connectivity index (χ3v) is 4.97. The standard InChI is InChI=1S/C17H32N2O3/c1-8-12(4)13-9-10-17(5,6)19(13)15(20)14(11(2)3)18-16(21)22-7/h11-14H,8-10H2,1-7H3,(H,18,21)/t12-,13?,14-/m0/s1. The highest BCUT2D eigenvalue weighted by Crippen LogP contribution is 2.38. The number of methoxy groups -OCH3 is 1. The Hall–Kier alpha value is -1.26. The summed E-state index contributed by atoms with van der Waals surface area (Å²) in [6.45, 7) is 12.5. The van der Waals surface area contributed by atoms with Crippen LogP contribution in [0.1, 0.15) is 60.8 Å². The lowest BCUT2D eigenvalue weighted by Crippen LogP contribution is -2.58. The number of amides is 2. The Morgan fingerprint density at radius 2 is 1.91 bits per heavy atom. The van der Waals surface area contributed by atoms with Crippen molar-refractivity contribution in [1.82, 2.24) is 10.2 Å². The van der Waals surface area contributed by atoms with Crippen molar-refractivity contribution in [3.8, 4) is 0 Å². The van der Waals surface area contributed by atoms with E-state index in [2.05, 4.69) is 37.7 Å². The maximum Gasteiger partial charge on any atom is 0.407 e. The average Bonchev–Trinajstić information content (AvgIpc) is 2.77. The van der Waals surface area contributed by atoms with Crippen LogP contribution in [-0.2, 0) is 9.53 Å². The van der Waals surface area contributed by atoms with Gasteiger partial charge >= 0.3 is 6.09 Å². The van der Waals surface area contributed by atoms with E-state index in [0.717, 1.165) is 19.3 Å². The van der Waals surface area contributed by atoms with Gasteiger partial charge in [-0.15, -0.1) is 0 Å². The number of carbonyl (C=O) groups excluding carboxylic acids is 2. The van der Waals surface area contributed by atoms with Crippen LogP contribution in [-0.4, -0.2) is 41.6 Å². The first kappa shape index (κ1) is 18.8. The minimum Gasteiger partial charge on any atom is -0.453 e. The summed E-state index contributed by atoms with van der Waals surface area (Å²) >= 11 is 0. The summed E-state index contributed by atoms with van der Waals surface area (Å²) in [6, 6.07) is -0.301. The summed E-state index contributed by atoms with van der Waals surface area (Å²) in [5.74, 6) is 0.477. The molecule has 2 amide bonds. The van der Waals surface area contributed by atoms with Crippen molar-refractivity contribution in [3.63, 3.8) is 0 Å². The van der Waals surface area contributed by atoms with E-state index in [1.54, 1.807) is 0 Å². The molecule has 5 nitrogen and oxygen atoms in total. The van der Waals surface area contributed by atoms with Crippen molar-refractivity contribution in [2.75, 3.05) is 7.11 Å². The molecule has 1 heterocycles. The Labute approximate surface area is 134 Å². The van der Waals surface area contributed by atoms with Gasteiger partial charge in [0, 0.05) is 11.6 Å². The van der Waals surface area contributed by atoms with E-state index in [-0.39, 0.29) is 23.4 Å². The molecule has 1 unspecified atom stereocenters. The van der Waals surface area contributed by atoms with E-state index in [1.807, 2.05) is 18.7 Å². The number of nitrogens with one attached hydrogen (secondary N) is 1. The smallest absolute Gasteiger partial charge is 0.407 e. The Bertz CT molecular complexity index is 407. The number of alkyl carbamates (subject to hydrolysis) is 1. The van der Waals surface area contributed by atoms with E-state index in [1.165, 1.54) is 7.11 Å². The predicted octanol–water partition coefficient (Wildman–Crippen LogP) is 3.18. The third kappa shape index (κ3) is 3.93.